The van der Waals surface area contributed by atoms with E-state index in [4.69, 9.17) is 0 Å². The molecule has 0 aliphatic carbocycles. The van der Waals surface area contributed by atoms with Crippen LogP contribution in [0.3, 0.4) is 0 Å². The van der Waals surface area contributed by atoms with Crippen LogP contribution in [0.1, 0.15) is 23.7 Å². The van der Waals surface area contributed by atoms with Crippen LogP contribution >= 0.6 is 0 Å². The molecule has 4 aromatic rings. The highest BCUT2D eigenvalue weighted by Crippen LogP contribution is 2.27. The Morgan fingerprint density at radius 1 is 1.09 bits per heavy atom. The number of carbonyl (C=O) groups is 1. The molecule has 0 bridgehead atoms. The second kappa shape index (κ2) is 9.18. The van der Waals surface area contributed by atoms with E-state index in [-0.39, 0.29) is 11.4 Å². The number of hydrogen-bond donors (Lipinski definition) is 3. The van der Waals surface area contributed by atoms with Crippen molar-refractivity contribution in [2.75, 3.05) is 15.8 Å². The van der Waals surface area contributed by atoms with Gasteiger partial charge in [-0.25, -0.2) is 26.6 Å². The summed E-state index contributed by atoms with van der Waals surface area (Å²) >= 11 is 0. The zero-order chi connectivity index (χ0) is 24.5. The first-order chi connectivity index (χ1) is 16.2. The Balaban J connectivity index is 1.61. The molecular formula is C23H19F3N4O3S. The Morgan fingerprint density at radius 2 is 1.88 bits per heavy atom. The second-order valence-corrected chi connectivity index (χ2v) is 9.36. The Bertz CT molecular complexity index is 1500. The van der Waals surface area contributed by atoms with Crippen molar-refractivity contribution < 1.29 is 26.4 Å². The fraction of sp³-hybridized carbons (Fsp3) is 0.130. The number of halogens is 3. The van der Waals surface area contributed by atoms with Crippen LogP contribution in [0.5, 0.6) is 0 Å². The standard InChI is InChI=1S/C23H19F3N4O3S/c1-2-8-34(32,33)30-18-7-6-17(25)20(21(18)26)23(31)28-16-10-14-11-19(29-22(14)27-12-16)13-4-3-5-15(24)9-13/h3-7,9-12,30H,2,8H2,1H3,(H,27,29)(H,28,31). The van der Waals surface area contributed by atoms with Crippen LogP contribution < -0.4 is 10.0 Å². The van der Waals surface area contributed by atoms with Gasteiger partial charge in [-0.2, -0.15) is 0 Å². The van der Waals surface area contributed by atoms with Gasteiger partial charge in [0, 0.05) is 16.6 Å². The molecule has 34 heavy (non-hydrogen) atoms. The molecular weight excluding hydrogens is 469 g/mol. The monoisotopic (exact) mass is 488 g/mol. The van der Waals surface area contributed by atoms with Crippen molar-refractivity contribution in [2.24, 2.45) is 0 Å². The smallest absolute Gasteiger partial charge is 0.261 e. The van der Waals surface area contributed by atoms with Crippen molar-refractivity contribution in [3.8, 4) is 11.3 Å². The summed E-state index contributed by atoms with van der Waals surface area (Å²) in [6, 6.07) is 10.9. The lowest BCUT2D eigenvalue weighted by atomic mass is 10.1. The number of amides is 1. The molecule has 2 aromatic heterocycles. The lowest BCUT2D eigenvalue weighted by Gasteiger charge is -2.12. The summed E-state index contributed by atoms with van der Waals surface area (Å²) in [7, 11) is -3.85. The SMILES string of the molecule is CCCS(=O)(=O)Nc1ccc(F)c(C(=O)Nc2cnc3[nH]c(-c4cccc(F)c4)cc3c2)c1F. The number of H-pyrrole nitrogens is 1. The number of nitrogens with zero attached hydrogens (tertiary/aromatic N) is 1. The summed E-state index contributed by atoms with van der Waals surface area (Å²) in [5.74, 6) is -4.27. The van der Waals surface area contributed by atoms with E-state index in [1.165, 1.54) is 24.4 Å². The van der Waals surface area contributed by atoms with Crippen LogP contribution in [0.4, 0.5) is 24.5 Å². The number of sulfonamides is 1. The summed E-state index contributed by atoms with van der Waals surface area (Å²) < 4.78 is 68.6. The van der Waals surface area contributed by atoms with Crippen molar-refractivity contribution >= 4 is 38.3 Å². The van der Waals surface area contributed by atoms with Crippen molar-refractivity contribution in [1.29, 1.82) is 0 Å². The molecule has 1 amide bonds. The van der Waals surface area contributed by atoms with Crippen LogP contribution in [0.15, 0.2) is 54.7 Å². The minimum absolute atomic E-state index is 0.151. The highest BCUT2D eigenvalue weighted by Gasteiger charge is 2.23. The fourth-order valence-electron chi connectivity index (χ4n) is 3.42. The molecule has 0 spiro atoms. The van der Waals surface area contributed by atoms with Crippen LogP contribution in [-0.4, -0.2) is 30.0 Å². The Hall–Kier alpha value is -3.86. The van der Waals surface area contributed by atoms with Gasteiger partial charge in [-0.05, 0) is 42.8 Å². The van der Waals surface area contributed by atoms with Gasteiger partial charge in [-0.1, -0.05) is 19.1 Å². The maximum Gasteiger partial charge on any atom is 0.261 e. The van der Waals surface area contributed by atoms with E-state index < -0.39 is 44.6 Å². The number of pyridine rings is 1. The van der Waals surface area contributed by atoms with Crippen molar-refractivity contribution in [2.45, 2.75) is 13.3 Å². The molecule has 2 aromatic carbocycles. The molecule has 0 aliphatic heterocycles. The summed E-state index contributed by atoms with van der Waals surface area (Å²) in [5, 5.41) is 2.94. The van der Waals surface area contributed by atoms with E-state index in [1.54, 1.807) is 25.1 Å². The van der Waals surface area contributed by atoms with E-state index in [0.717, 1.165) is 12.1 Å². The Labute approximate surface area is 193 Å². The molecule has 0 atom stereocenters. The van der Waals surface area contributed by atoms with Crippen LogP contribution in [0.25, 0.3) is 22.3 Å². The Kier molecular flexibility index (Phi) is 6.29. The minimum atomic E-state index is -3.85. The summed E-state index contributed by atoms with van der Waals surface area (Å²) in [6.45, 7) is 1.63. The zero-order valence-electron chi connectivity index (χ0n) is 17.8. The highest BCUT2D eigenvalue weighted by atomic mass is 32.2. The van der Waals surface area contributed by atoms with Gasteiger partial charge in [0.1, 0.15) is 22.8 Å². The predicted molar refractivity (Wildman–Crippen MR) is 123 cm³/mol. The van der Waals surface area contributed by atoms with Crippen LogP contribution in [-0.2, 0) is 10.0 Å². The topological polar surface area (TPSA) is 104 Å². The quantitative estimate of drug-likeness (QED) is 0.339. The average Bonchev–Trinajstić information content (AvgIpc) is 3.19. The van der Waals surface area contributed by atoms with Gasteiger partial charge in [-0.15, -0.1) is 0 Å². The number of anilines is 2. The molecule has 176 valence electrons. The first-order valence-corrected chi connectivity index (χ1v) is 11.9. The third-order valence-corrected chi connectivity index (χ3v) is 6.40. The lowest BCUT2D eigenvalue weighted by molar-refractivity contribution is 0.101. The largest absolute Gasteiger partial charge is 0.339 e. The number of hydrogen-bond acceptors (Lipinski definition) is 4. The van der Waals surface area contributed by atoms with E-state index in [0.29, 0.717) is 28.7 Å². The molecule has 3 N–H and O–H groups in total. The average molecular weight is 488 g/mol. The number of aromatic amines is 1. The van der Waals surface area contributed by atoms with Gasteiger partial charge in [0.25, 0.3) is 5.91 Å². The number of benzene rings is 2. The number of aromatic nitrogens is 2. The van der Waals surface area contributed by atoms with Gasteiger partial charge < -0.3 is 10.3 Å². The molecule has 2 heterocycles. The van der Waals surface area contributed by atoms with Gasteiger partial charge in [0.05, 0.1) is 23.3 Å². The fourth-order valence-corrected chi connectivity index (χ4v) is 4.55. The molecule has 0 fully saturated rings. The Morgan fingerprint density at radius 3 is 2.62 bits per heavy atom. The number of nitrogens with one attached hydrogen (secondary N) is 3. The molecule has 0 unspecified atom stereocenters. The van der Waals surface area contributed by atoms with E-state index in [1.807, 2.05) is 4.72 Å². The normalized spacial score (nSPS) is 11.5. The van der Waals surface area contributed by atoms with Crippen LogP contribution in [0, 0.1) is 17.5 Å². The first-order valence-electron chi connectivity index (χ1n) is 10.2. The molecule has 0 aliphatic rings. The van der Waals surface area contributed by atoms with Gasteiger partial charge in [0.2, 0.25) is 10.0 Å². The van der Waals surface area contributed by atoms with Crippen molar-refractivity contribution in [3.05, 3.63) is 77.7 Å². The van der Waals surface area contributed by atoms with E-state index in [9.17, 15) is 26.4 Å². The van der Waals surface area contributed by atoms with E-state index >= 15 is 0 Å². The minimum Gasteiger partial charge on any atom is -0.339 e. The third kappa shape index (κ3) is 4.88. The maximum absolute atomic E-state index is 14.9. The molecule has 11 heteroatoms. The number of fused-ring (bicyclic) bond motifs is 1. The molecule has 0 saturated heterocycles. The van der Waals surface area contributed by atoms with Crippen molar-refractivity contribution in [1.82, 2.24) is 9.97 Å². The molecule has 7 nitrogen and oxygen atoms in total. The first kappa shape index (κ1) is 23.3. The van der Waals surface area contributed by atoms with Gasteiger partial charge >= 0.3 is 0 Å². The molecule has 4 rings (SSSR count). The summed E-state index contributed by atoms with van der Waals surface area (Å²) in [5.41, 5.74) is 0.329. The molecule has 0 saturated carbocycles. The van der Waals surface area contributed by atoms with Gasteiger partial charge in [0.15, 0.2) is 5.82 Å². The van der Waals surface area contributed by atoms with Crippen molar-refractivity contribution in [3.63, 3.8) is 0 Å². The predicted octanol–water partition coefficient (Wildman–Crippen LogP) is 5.05. The second-order valence-electron chi connectivity index (χ2n) is 7.51. The van der Waals surface area contributed by atoms with Gasteiger partial charge in [-0.3, -0.25) is 9.52 Å². The summed E-state index contributed by atoms with van der Waals surface area (Å²) in [4.78, 5) is 19.9. The maximum atomic E-state index is 14.9. The lowest BCUT2D eigenvalue weighted by Crippen LogP contribution is -2.20. The molecule has 0 radical (unpaired) electrons. The highest BCUT2D eigenvalue weighted by molar-refractivity contribution is 7.92. The van der Waals surface area contributed by atoms with Crippen LogP contribution in [0.2, 0.25) is 0 Å². The zero-order valence-corrected chi connectivity index (χ0v) is 18.6. The van der Waals surface area contributed by atoms with E-state index in [2.05, 4.69) is 15.3 Å². The third-order valence-electron chi connectivity index (χ3n) is 4.92. The number of carbonyl (C=O) groups excluding carboxylic acids is 1. The summed E-state index contributed by atoms with van der Waals surface area (Å²) in [6.07, 6.45) is 1.58. The number of rotatable bonds is 7.